The van der Waals surface area contributed by atoms with Crippen LogP contribution in [-0.2, 0) is 9.53 Å². The summed E-state index contributed by atoms with van der Waals surface area (Å²) >= 11 is 6.28. The van der Waals surface area contributed by atoms with Gasteiger partial charge in [0.05, 0.1) is 24.2 Å². The zero-order valence-electron chi connectivity index (χ0n) is 11.5. The molecule has 3 atom stereocenters. The summed E-state index contributed by atoms with van der Waals surface area (Å²) in [5, 5.41) is 12.8. The number of carbonyl (C=O) groups is 1. The molecule has 0 spiro atoms. The molecule has 6 heteroatoms. The van der Waals surface area contributed by atoms with Gasteiger partial charge in [-0.2, -0.15) is 0 Å². The minimum Gasteiger partial charge on any atom is -0.486 e. The highest BCUT2D eigenvalue weighted by atomic mass is 35.5. The van der Waals surface area contributed by atoms with E-state index in [1.54, 1.807) is 0 Å². The molecule has 5 nitrogen and oxygen atoms in total. The van der Waals surface area contributed by atoms with Gasteiger partial charge in [0, 0.05) is 19.0 Å². The number of ether oxygens (including phenoxy) is 2. The standard InChI is InChI=1S/C15H18ClNO4/c16-12-5-9(13-6-10(7-17-13)15(18)19)1-2-14(12)21-11-3-4-20-8-11/h1-2,5,10-11,13,17H,3-4,6-8H2,(H,18,19). The SMILES string of the molecule is O=C(O)C1CNC(c2ccc(OC3CCOC3)c(Cl)c2)C1. The molecule has 0 bridgehead atoms. The van der Waals surface area contributed by atoms with Crippen molar-refractivity contribution in [2.24, 2.45) is 5.92 Å². The van der Waals surface area contributed by atoms with Crippen LogP contribution in [0.1, 0.15) is 24.4 Å². The second-order valence-electron chi connectivity index (χ2n) is 5.53. The Hall–Kier alpha value is -1.30. The lowest BCUT2D eigenvalue weighted by Crippen LogP contribution is -2.17. The zero-order valence-corrected chi connectivity index (χ0v) is 12.3. The Labute approximate surface area is 128 Å². The fourth-order valence-electron chi connectivity index (χ4n) is 2.79. The zero-order chi connectivity index (χ0) is 14.8. The molecule has 0 aliphatic carbocycles. The molecule has 114 valence electrons. The molecule has 1 aromatic carbocycles. The Morgan fingerprint density at radius 1 is 1.48 bits per heavy atom. The van der Waals surface area contributed by atoms with Gasteiger partial charge in [-0.25, -0.2) is 0 Å². The van der Waals surface area contributed by atoms with Gasteiger partial charge >= 0.3 is 5.97 Å². The molecule has 0 saturated carbocycles. The van der Waals surface area contributed by atoms with Gasteiger partial charge in [-0.3, -0.25) is 4.79 Å². The van der Waals surface area contributed by atoms with Crippen LogP contribution in [0.2, 0.25) is 5.02 Å². The molecule has 3 rings (SSSR count). The van der Waals surface area contributed by atoms with Crippen LogP contribution >= 0.6 is 11.6 Å². The van der Waals surface area contributed by atoms with E-state index in [0.29, 0.717) is 30.3 Å². The molecule has 2 heterocycles. The molecular formula is C15H18ClNO4. The van der Waals surface area contributed by atoms with E-state index in [2.05, 4.69) is 5.32 Å². The van der Waals surface area contributed by atoms with Gasteiger partial charge in [-0.1, -0.05) is 17.7 Å². The largest absolute Gasteiger partial charge is 0.486 e. The van der Waals surface area contributed by atoms with E-state index in [9.17, 15) is 4.79 Å². The summed E-state index contributed by atoms with van der Waals surface area (Å²) in [5.74, 6) is -0.429. The van der Waals surface area contributed by atoms with Crippen molar-refractivity contribution < 1.29 is 19.4 Å². The van der Waals surface area contributed by atoms with Crippen LogP contribution in [-0.4, -0.2) is 36.9 Å². The molecule has 21 heavy (non-hydrogen) atoms. The third kappa shape index (κ3) is 3.31. The first-order chi connectivity index (χ1) is 10.1. The van der Waals surface area contributed by atoms with Crippen LogP contribution in [0.4, 0.5) is 0 Å². The molecule has 2 aliphatic rings. The van der Waals surface area contributed by atoms with E-state index >= 15 is 0 Å². The van der Waals surface area contributed by atoms with Crippen LogP contribution < -0.4 is 10.1 Å². The molecule has 1 aromatic rings. The Bertz CT molecular complexity index is 530. The summed E-state index contributed by atoms with van der Waals surface area (Å²) in [6.45, 7) is 1.82. The monoisotopic (exact) mass is 311 g/mol. The number of aliphatic carboxylic acids is 1. The number of hydrogen-bond acceptors (Lipinski definition) is 4. The lowest BCUT2D eigenvalue weighted by molar-refractivity contribution is -0.141. The molecule has 2 fully saturated rings. The highest BCUT2D eigenvalue weighted by Crippen LogP contribution is 2.33. The molecule has 0 radical (unpaired) electrons. The lowest BCUT2D eigenvalue weighted by atomic mass is 10.00. The van der Waals surface area contributed by atoms with Gasteiger partial charge in [-0.15, -0.1) is 0 Å². The summed E-state index contributed by atoms with van der Waals surface area (Å²) in [4.78, 5) is 11.0. The predicted molar refractivity (Wildman–Crippen MR) is 77.8 cm³/mol. The van der Waals surface area contributed by atoms with Crippen LogP contribution in [0.3, 0.4) is 0 Å². The average molecular weight is 312 g/mol. The number of carboxylic acid groups (broad SMARTS) is 1. The minimum atomic E-state index is -0.753. The summed E-state index contributed by atoms with van der Waals surface area (Å²) in [6.07, 6.45) is 1.53. The van der Waals surface area contributed by atoms with Crippen LogP contribution in [0.5, 0.6) is 5.75 Å². The number of hydrogen-bond donors (Lipinski definition) is 2. The van der Waals surface area contributed by atoms with Crippen molar-refractivity contribution in [2.75, 3.05) is 19.8 Å². The average Bonchev–Trinajstić information content (AvgIpc) is 3.12. The predicted octanol–water partition coefficient (Wildman–Crippen LogP) is 2.24. The van der Waals surface area contributed by atoms with Gasteiger partial charge in [0.1, 0.15) is 11.9 Å². The first-order valence-electron chi connectivity index (χ1n) is 7.13. The van der Waals surface area contributed by atoms with E-state index in [1.807, 2.05) is 18.2 Å². The molecule has 3 unspecified atom stereocenters. The fourth-order valence-corrected chi connectivity index (χ4v) is 3.03. The van der Waals surface area contributed by atoms with E-state index in [0.717, 1.165) is 18.6 Å². The second kappa shape index (κ2) is 6.22. The number of halogens is 1. The van der Waals surface area contributed by atoms with Gasteiger partial charge in [0.25, 0.3) is 0 Å². The molecule has 2 saturated heterocycles. The third-order valence-electron chi connectivity index (χ3n) is 4.02. The second-order valence-corrected chi connectivity index (χ2v) is 5.93. The highest BCUT2D eigenvalue weighted by molar-refractivity contribution is 6.32. The van der Waals surface area contributed by atoms with Crippen molar-refractivity contribution in [3.05, 3.63) is 28.8 Å². The summed E-state index contributed by atoms with van der Waals surface area (Å²) in [6, 6.07) is 5.69. The maximum Gasteiger partial charge on any atom is 0.307 e. The Morgan fingerprint density at radius 3 is 2.95 bits per heavy atom. The van der Waals surface area contributed by atoms with Gasteiger partial charge in [0.2, 0.25) is 0 Å². The Balaban J connectivity index is 1.68. The minimum absolute atomic E-state index is 0.0347. The van der Waals surface area contributed by atoms with Crippen LogP contribution in [0.15, 0.2) is 18.2 Å². The van der Waals surface area contributed by atoms with E-state index in [1.165, 1.54) is 0 Å². The Morgan fingerprint density at radius 2 is 2.33 bits per heavy atom. The highest BCUT2D eigenvalue weighted by Gasteiger charge is 2.30. The van der Waals surface area contributed by atoms with E-state index in [-0.39, 0.29) is 18.1 Å². The van der Waals surface area contributed by atoms with E-state index < -0.39 is 5.97 Å². The maximum atomic E-state index is 11.0. The van der Waals surface area contributed by atoms with Gasteiger partial charge < -0.3 is 19.9 Å². The molecule has 0 aromatic heterocycles. The van der Waals surface area contributed by atoms with Gasteiger partial charge in [-0.05, 0) is 24.1 Å². The number of benzene rings is 1. The summed E-state index contributed by atoms with van der Waals surface area (Å²) < 4.78 is 11.1. The molecule has 0 amide bonds. The normalized spacial score (nSPS) is 28.7. The van der Waals surface area contributed by atoms with E-state index in [4.69, 9.17) is 26.2 Å². The van der Waals surface area contributed by atoms with Crippen molar-refractivity contribution in [3.8, 4) is 5.75 Å². The van der Waals surface area contributed by atoms with Crippen molar-refractivity contribution >= 4 is 17.6 Å². The molecular weight excluding hydrogens is 294 g/mol. The first-order valence-corrected chi connectivity index (χ1v) is 7.51. The van der Waals surface area contributed by atoms with Gasteiger partial charge in [0.15, 0.2) is 0 Å². The number of carboxylic acids is 1. The Kier molecular flexibility index (Phi) is 4.33. The molecule has 2 N–H and O–H groups in total. The first kappa shape index (κ1) is 14.6. The van der Waals surface area contributed by atoms with Crippen molar-refractivity contribution in [1.82, 2.24) is 5.32 Å². The summed E-state index contributed by atoms with van der Waals surface area (Å²) in [7, 11) is 0. The topological polar surface area (TPSA) is 67.8 Å². The maximum absolute atomic E-state index is 11.0. The number of nitrogens with one attached hydrogen (secondary N) is 1. The quantitative estimate of drug-likeness (QED) is 0.892. The lowest BCUT2D eigenvalue weighted by Gasteiger charge is -2.16. The fraction of sp³-hybridized carbons (Fsp3) is 0.533. The van der Waals surface area contributed by atoms with Crippen LogP contribution in [0, 0.1) is 5.92 Å². The smallest absolute Gasteiger partial charge is 0.307 e. The third-order valence-corrected chi connectivity index (χ3v) is 4.32. The van der Waals surface area contributed by atoms with Crippen molar-refractivity contribution in [1.29, 1.82) is 0 Å². The van der Waals surface area contributed by atoms with Crippen LogP contribution in [0.25, 0.3) is 0 Å². The molecule has 2 aliphatic heterocycles. The van der Waals surface area contributed by atoms with Crippen molar-refractivity contribution in [3.63, 3.8) is 0 Å². The summed E-state index contributed by atoms with van der Waals surface area (Å²) in [5.41, 5.74) is 0.999. The number of rotatable bonds is 4. The van der Waals surface area contributed by atoms with Crippen molar-refractivity contribution in [2.45, 2.75) is 25.0 Å².